The molecule has 2 rings (SSSR count). The molecule has 1 unspecified atom stereocenters. The van der Waals surface area contributed by atoms with E-state index in [1.54, 1.807) is 6.21 Å². The van der Waals surface area contributed by atoms with Gasteiger partial charge in [0.2, 0.25) is 5.17 Å². The number of unbranched alkanes of at least 4 members (excludes halogenated alkanes) is 1. The van der Waals surface area contributed by atoms with E-state index in [4.69, 9.17) is 11.6 Å². The summed E-state index contributed by atoms with van der Waals surface area (Å²) in [5.74, 6) is -0.0334. The molecule has 4 nitrogen and oxygen atoms in total. The van der Waals surface area contributed by atoms with E-state index in [-0.39, 0.29) is 11.2 Å². The normalized spacial score (nSPS) is 19.0. The quantitative estimate of drug-likeness (QED) is 0.866. The number of hydrogen-bond acceptors (Lipinski definition) is 4. The summed E-state index contributed by atoms with van der Waals surface area (Å²) in [4.78, 5) is 16.0. The smallest absolute Gasteiger partial charge is 0.253 e. The van der Waals surface area contributed by atoms with Crippen molar-refractivity contribution in [3.63, 3.8) is 0 Å². The van der Waals surface area contributed by atoms with Gasteiger partial charge in [0.25, 0.3) is 5.91 Å². The number of rotatable bonds is 4. The van der Waals surface area contributed by atoms with Gasteiger partial charge in [-0.2, -0.15) is 0 Å². The van der Waals surface area contributed by atoms with Crippen LogP contribution in [0.5, 0.6) is 0 Å². The Kier molecular flexibility index (Phi) is 5.61. The Labute approximate surface area is 127 Å². The van der Waals surface area contributed by atoms with E-state index in [9.17, 15) is 4.79 Å². The lowest BCUT2D eigenvalue weighted by Gasteiger charge is -2.18. The Hall–Kier alpha value is -1.33. The van der Waals surface area contributed by atoms with Crippen LogP contribution in [-0.4, -0.2) is 22.5 Å². The van der Waals surface area contributed by atoms with Crippen molar-refractivity contribution >= 4 is 40.7 Å². The number of carbonyl (C=O) groups excluding carboxylic acids is 1. The predicted molar refractivity (Wildman–Crippen MR) is 85.5 cm³/mol. The number of halogens is 1. The standard InChI is InChI=1S/C14H16ClN3OS/c1-2-3-4-12-13(19)17-18-14(20-12)16-9-10-5-7-11(15)8-6-10/h5-9,12H,2-4H2,1H3,(H,17,19). The molecular weight excluding hydrogens is 294 g/mol. The highest BCUT2D eigenvalue weighted by molar-refractivity contribution is 8.15. The van der Waals surface area contributed by atoms with E-state index in [0.717, 1.165) is 24.8 Å². The molecule has 20 heavy (non-hydrogen) atoms. The lowest BCUT2D eigenvalue weighted by atomic mass is 10.2. The molecule has 1 heterocycles. The molecule has 0 bridgehead atoms. The summed E-state index contributed by atoms with van der Waals surface area (Å²) in [7, 11) is 0. The number of amides is 1. The van der Waals surface area contributed by atoms with Gasteiger partial charge in [0.1, 0.15) is 0 Å². The molecule has 1 amide bonds. The van der Waals surface area contributed by atoms with Crippen LogP contribution in [0.3, 0.4) is 0 Å². The molecule has 0 spiro atoms. The van der Waals surface area contributed by atoms with Crippen LogP contribution in [0.2, 0.25) is 5.02 Å². The van der Waals surface area contributed by atoms with Crippen molar-refractivity contribution < 1.29 is 4.79 Å². The van der Waals surface area contributed by atoms with Gasteiger partial charge in [-0.25, -0.2) is 10.4 Å². The molecule has 0 radical (unpaired) electrons. The van der Waals surface area contributed by atoms with Crippen LogP contribution in [0.1, 0.15) is 31.7 Å². The van der Waals surface area contributed by atoms with Gasteiger partial charge in [0.15, 0.2) is 0 Å². The van der Waals surface area contributed by atoms with Crippen LogP contribution in [0, 0.1) is 0 Å². The van der Waals surface area contributed by atoms with Crippen molar-refractivity contribution in [2.24, 2.45) is 10.1 Å². The Morgan fingerprint density at radius 2 is 2.20 bits per heavy atom. The molecule has 0 saturated heterocycles. The van der Waals surface area contributed by atoms with Gasteiger partial charge in [-0.1, -0.05) is 55.3 Å². The van der Waals surface area contributed by atoms with Crippen molar-refractivity contribution in [3.05, 3.63) is 34.9 Å². The topological polar surface area (TPSA) is 53.8 Å². The van der Waals surface area contributed by atoms with Gasteiger partial charge >= 0.3 is 0 Å². The van der Waals surface area contributed by atoms with Crippen LogP contribution in [0.4, 0.5) is 0 Å². The first-order valence-electron chi connectivity index (χ1n) is 6.53. The molecule has 0 aliphatic carbocycles. The maximum atomic E-state index is 11.7. The van der Waals surface area contributed by atoms with Crippen LogP contribution in [0.15, 0.2) is 34.4 Å². The third-order valence-electron chi connectivity index (χ3n) is 2.82. The van der Waals surface area contributed by atoms with E-state index in [0.29, 0.717) is 10.2 Å². The van der Waals surface area contributed by atoms with Crippen LogP contribution < -0.4 is 5.43 Å². The number of amidine groups is 1. The molecule has 0 fully saturated rings. The molecule has 1 aromatic carbocycles. The van der Waals surface area contributed by atoms with E-state index >= 15 is 0 Å². The summed E-state index contributed by atoms with van der Waals surface area (Å²) < 4.78 is 0. The fourth-order valence-electron chi connectivity index (χ4n) is 1.70. The maximum Gasteiger partial charge on any atom is 0.253 e. The average Bonchev–Trinajstić information content (AvgIpc) is 2.46. The zero-order valence-corrected chi connectivity index (χ0v) is 12.7. The Bertz CT molecular complexity index is 528. The SMILES string of the molecule is CCCCC1SC(N=Cc2ccc(Cl)cc2)=NNC1=O. The summed E-state index contributed by atoms with van der Waals surface area (Å²) in [6.45, 7) is 2.11. The zero-order chi connectivity index (χ0) is 14.4. The minimum atomic E-state index is -0.0928. The third kappa shape index (κ3) is 4.35. The van der Waals surface area contributed by atoms with Gasteiger partial charge in [0.05, 0.1) is 5.25 Å². The first-order valence-corrected chi connectivity index (χ1v) is 7.78. The predicted octanol–water partition coefficient (Wildman–Crippen LogP) is 3.45. The van der Waals surface area contributed by atoms with E-state index in [1.807, 2.05) is 24.3 Å². The number of hydrazone groups is 1. The summed E-state index contributed by atoms with van der Waals surface area (Å²) in [6, 6.07) is 7.38. The highest BCUT2D eigenvalue weighted by Gasteiger charge is 2.24. The van der Waals surface area contributed by atoms with Gasteiger partial charge < -0.3 is 0 Å². The Morgan fingerprint density at radius 1 is 1.45 bits per heavy atom. The number of nitrogens with zero attached hydrogens (tertiary/aromatic N) is 2. The van der Waals surface area contributed by atoms with E-state index in [1.165, 1.54) is 11.8 Å². The molecule has 0 saturated carbocycles. The number of thioether (sulfide) groups is 1. The number of aliphatic imine (C=N–C) groups is 1. The second-order valence-electron chi connectivity index (χ2n) is 4.43. The summed E-state index contributed by atoms with van der Waals surface area (Å²) in [6.07, 6.45) is 4.67. The second-order valence-corrected chi connectivity index (χ2v) is 6.04. The van der Waals surface area contributed by atoms with Crippen molar-refractivity contribution in [1.82, 2.24) is 5.43 Å². The van der Waals surface area contributed by atoms with Crippen molar-refractivity contribution in [2.45, 2.75) is 31.4 Å². The first kappa shape index (κ1) is 15.1. The monoisotopic (exact) mass is 309 g/mol. The fourth-order valence-corrected chi connectivity index (χ4v) is 2.74. The van der Waals surface area contributed by atoms with Gasteiger partial charge in [0, 0.05) is 11.2 Å². The third-order valence-corrected chi connectivity index (χ3v) is 4.21. The van der Waals surface area contributed by atoms with Crippen LogP contribution >= 0.6 is 23.4 Å². The zero-order valence-electron chi connectivity index (χ0n) is 11.2. The highest BCUT2D eigenvalue weighted by Crippen LogP contribution is 2.23. The highest BCUT2D eigenvalue weighted by atomic mass is 35.5. The molecular formula is C14H16ClN3OS. The minimum Gasteiger partial charge on any atom is -0.272 e. The van der Waals surface area contributed by atoms with Crippen molar-refractivity contribution in [3.8, 4) is 0 Å². The number of carbonyl (C=O) groups is 1. The van der Waals surface area contributed by atoms with Crippen LogP contribution in [-0.2, 0) is 4.79 Å². The van der Waals surface area contributed by atoms with Crippen molar-refractivity contribution in [1.29, 1.82) is 0 Å². The van der Waals surface area contributed by atoms with Crippen LogP contribution in [0.25, 0.3) is 0 Å². The minimum absolute atomic E-state index is 0.0334. The molecule has 1 aliphatic rings. The average molecular weight is 310 g/mol. The molecule has 6 heteroatoms. The molecule has 1 N–H and O–H groups in total. The second kappa shape index (κ2) is 7.45. The molecule has 1 aliphatic heterocycles. The lowest BCUT2D eigenvalue weighted by molar-refractivity contribution is -0.120. The van der Waals surface area contributed by atoms with E-state index < -0.39 is 0 Å². The number of benzene rings is 1. The van der Waals surface area contributed by atoms with Gasteiger partial charge in [-0.05, 0) is 24.1 Å². The summed E-state index contributed by atoms with van der Waals surface area (Å²) in [5.41, 5.74) is 3.47. The number of nitrogens with one attached hydrogen (secondary N) is 1. The fraction of sp³-hybridized carbons (Fsp3) is 0.357. The lowest BCUT2D eigenvalue weighted by Crippen LogP contribution is -2.34. The van der Waals surface area contributed by atoms with Gasteiger partial charge in [-0.3, -0.25) is 4.79 Å². The van der Waals surface area contributed by atoms with E-state index in [2.05, 4.69) is 22.4 Å². The largest absolute Gasteiger partial charge is 0.272 e. The molecule has 106 valence electrons. The maximum absolute atomic E-state index is 11.7. The summed E-state index contributed by atoms with van der Waals surface area (Å²) in [5, 5.41) is 5.14. The first-order chi connectivity index (χ1) is 9.69. The molecule has 1 atom stereocenters. The molecule has 0 aromatic heterocycles. The van der Waals surface area contributed by atoms with Gasteiger partial charge in [-0.15, -0.1) is 5.10 Å². The Morgan fingerprint density at radius 3 is 2.90 bits per heavy atom. The number of hydrogen-bond donors (Lipinski definition) is 1. The molecule has 1 aromatic rings. The van der Waals surface area contributed by atoms with Crippen molar-refractivity contribution in [2.75, 3.05) is 0 Å². The summed E-state index contributed by atoms with van der Waals surface area (Å²) >= 11 is 7.24. The Balaban J connectivity index is 1.98.